The van der Waals surface area contributed by atoms with Gasteiger partial charge in [-0.3, -0.25) is 0 Å². The van der Waals surface area contributed by atoms with Gasteiger partial charge >= 0.3 is 0 Å². The lowest BCUT2D eigenvalue weighted by Gasteiger charge is -2.22. The summed E-state index contributed by atoms with van der Waals surface area (Å²) in [4.78, 5) is 4.40. The zero-order chi connectivity index (χ0) is 16.1. The van der Waals surface area contributed by atoms with Crippen molar-refractivity contribution in [3.63, 3.8) is 0 Å². The van der Waals surface area contributed by atoms with Crippen LogP contribution in [0.2, 0.25) is 0 Å². The molecular formula is C16H19FN4O2. The Morgan fingerprint density at radius 2 is 2.17 bits per heavy atom. The Hall–Kier alpha value is -2.28. The number of nitrogens with one attached hydrogen (secondary N) is 1. The monoisotopic (exact) mass is 318 g/mol. The minimum absolute atomic E-state index is 0.202. The molecule has 122 valence electrons. The zero-order valence-corrected chi connectivity index (χ0v) is 13.0. The number of benzene rings is 1. The average molecular weight is 318 g/mol. The van der Waals surface area contributed by atoms with E-state index in [4.69, 9.17) is 9.47 Å². The summed E-state index contributed by atoms with van der Waals surface area (Å²) in [5.74, 6) is 0.772. The van der Waals surface area contributed by atoms with Gasteiger partial charge in [-0.1, -0.05) is 0 Å². The van der Waals surface area contributed by atoms with Crippen molar-refractivity contribution in [3.8, 4) is 17.0 Å². The molecule has 7 heteroatoms. The largest absolute Gasteiger partial charge is 0.494 e. The summed E-state index contributed by atoms with van der Waals surface area (Å²) in [5.41, 5.74) is 1.20. The van der Waals surface area contributed by atoms with Gasteiger partial charge < -0.3 is 14.8 Å². The van der Waals surface area contributed by atoms with Crippen molar-refractivity contribution in [2.45, 2.75) is 12.8 Å². The minimum Gasteiger partial charge on any atom is -0.494 e. The molecule has 1 fully saturated rings. The number of hydrogen-bond donors (Lipinski definition) is 1. The van der Waals surface area contributed by atoms with Crippen molar-refractivity contribution < 1.29 is 13.9 Å². The summed E-state index contributed by atoms with van der Waals surface area (Å²) in [6.07, 6.45) is 3.58. The van der Waals surface area contributed by atoms with E-state index in [0.29, 0.717) is 23.1 Å². The van der Waals surface area contributed by atoms with Gasteiger partial charge in [0.05, 0.1) is 19.0 Å². The van der Waals surface area contributed by atoms with Crippen molar-refractivity contribution in [3.05, 3.63) is 30.2 Å². The van der Waals surface area contributed by atoms with E-state index in [2.05, 4.69) is 20.5 Å². The van der Waals surface area contributed by atoms with E-state index >= 15 is 0 Å². The fourth-order valence-electron chi connectivity index (χ4n) is 2.53. The average Bonchev–Trinajstić information content (AvgIpc) is 2.61. The number of halogens is 1. The topological polar surface area (TPSA) is 69.2 Å². The smallest absolute Gasteiger partial charge is 0.243 e. The molecule has 6 nitrogen and oxygen atoms in total. The molecule has 0 amide bonds. The molecule has 1 N–H and O–H groups in total. The second kappa shape index (κ2) is 7.32. The van der Waals surface area contributed by atoms with E-state index < -0.39 is 5.82 Å². The molecule has 0 saturated carbocycles. The van der Waals surface area contributed by atoms with Crippen LogP contribution in [0.4, 0.5) is 10.3 Å². The van der Waals surface area contributed by atoms with Crippen LogP contribution in [0.15, 0.2) is 24.4 Å². The molecule has 1 aromatic carbocycles. The second-order valence-electron chi connectivity index (χ2n) is 5.45. The molecule has 23 heavy (non-hydrogen) atoms. The Balaban J connectivity index is 1.70. The van der Waals surface area contributed by atoms with E-state index in [9.17, 15) is 4.39 Å². The highest BCUT2D eigenvalue weighted by atomic mass is 19.1. The Bertz CT molecular complexity index is 662. The van der Waals surface area contributed by atoms with Gasteiger partial charge in [0, 0.05) is 25.3 Å². The van der Waals surface area contributed by atoms with Gasteiger partial charge in [0.2, 0.25) is 5.95 Å². The van der Waals surface area contributed by atoms with Crippen LogP contribution >= 0.6 is 0 Å². The quantitative estimate of drug-likeness (QED) is 0.913. The van der Waals surface area contributed by atoms with E-state index in [1.54, 1.807) is 12.1 Å². The van der Waals surface area contributed by atoms with Crippen LogP contribution in [-0.4, -0.2) is 42.0 Å². The maximum absolute atomic E-state index is 13.8. The van der Waals surface area contributed by atoms with Crippen molar-refractivity contribution in [1.29, 1.82) is 0 Å². The van der Waals surface area contributed by atoms with Crippen LogP contribution < -0.4 is 10.1 Å². The summed E-state index contributed by atoms with van der Waals surface area (Å²) in [6, 6.07) is 4.70. The third-order valence-corrected chi connectivity index (χ3v) is 3.90. The summed E-state index contributed by atoms with van der Waals surface area (Å²) in [7, 11) is 1.43. The fraction of sp³-hybridized carbons (Fsp3) is 0.438. The molecule has 1 saturated heterocycles. The third kappa shape index (κ3) is 3.92. The van der Waals surface area contributed by atoms with E-state index in [0.717, 1.165) is 32.6 Å². The van der Waals surface area contributed by atoms with Gasteiger partial charge in [-0.05, 0) is 37.0 Å². The number of ether oxygens (including phenoxy) is 2. The van der Waals surface area contributed by atoms with Gasteiger partial charge in [0.1, 0.15) is 0 Å². The van der Waals surface area contributed by atoms with E-state index in [1.807, 2.05) is 0 Å². The first-order valence-electron chi connectivity index (χ1n) is 7.61. The molecule has 0 aliphatic carbocycles. The molecule has 0 bridgehead atoms. The van der Waals surface area contributed by atoms with Gasteiger partial charge in [-0.2, -0.15) is 5.10 Å². The molecule has 0 spiro atoms. The van der Waals surface area contributed by atoms with Crippen LogP contribution in [0.1, 0.15) is 12.8 Å². The van der Waals surface area contributed by atoms with Gasteiger partial charge in [0.25, 0.3) is 0 Å². The van der Waals surface area contributed by atoms with Crippen LogP contribution in [-0.2, 0) is 4.74 Å². The van der Waals surface area contributed by atoms with Crippen molar-refractivity contribution >= 4 is 5.95 Å². The standard InChI is InChI=1S/C16H19FN4O2/c1-22-15-3-2-12(8-13(15)17)14-10-19-21-16(20-14)18-9-11-4-6-23-7-5-11/h2-3,8,10-11H,4-7,9H2,1H3,(H,18,20,21). The molecule has 0 radical (unpaired) electrons. The Kier molecular flexibility index (Phi) is 4.97. The zero-order valence-electron chi connectivity index (χ0n) is 13.0. The highest BCUT2D eigenvalue weighted by Gasteiger charge is 2.14. The number of hydrogen-bond acceptors (Lipinski definition) is 6. The van der Waals surface area contributed by atoms with Gasteiger partial charge in [-0.25, -0.2) is 9.37 Å². The second-order valence-corrected chi connectivity index (χ2v) is 5.45. The van der Waals surface area contributed by atoms with Crippen molar-refractivity contribution in [2.24, 2.45) is 5.92 Å². The first kappa shape index (κ1) is 15.6. The summed E-state index contributed by atoms with van der Waals surface area (Å²) in [5, 5.41) is 11.1. The Morgan fingerprint density at radius 1 is 1.35 bits per heavy atom. The third-order valence-electron chi connectivity index (χ3n) is 3.90. The fourth-order valence-corrected chi connectivity index (χ4v) is 2.53. The van der Waals surface area contributed by atoms with Gasteiger partial charge in [0.15, 0.2) is 11.6 Å². The van der Waals surface area contributed by atoms with Crippen molar-refractivity contribution in [1.82, 2.24) is 15.2 Å². The number of anilines is 1. The lowest BCUT2D eigenvalue weighted by molar-refractivity contribution is 0.0699. The van der Waals surface area contributed by atoms with Crippen LogP contribution in [0.25, 0.3) is 11.3 Å². The first-order chi connectivity index (χ1) is 11.3. The lowest BCUT2D eigenvalue weighted by Crippen LogP contribution is -2.23. The van der Waals surface area contributed by atoms with Crippen LogP contribution in [0.5, 0.6) is 5.75 Å². The predicted octanol–water partition coefficient (Wildman–Crippen LogP) is 2.52. The maximum Gasteiger partial charge on any atom is 0.243 e. The van der Waals surface area contributed by atoms with Crippen LogP contribution in [0.3, 0.4) is 0 Å². The number of methoxy groups -OCH3 is 1. The Labute approximate surface area is 134 Å². The summed E-state index contributed by atoms with van der Waals surface area (Å²) in [6.45, 7) is 2.39. The highest BCUT2D eigenvalue weighted by Crippen LogP contribution is 2.24. The van der Waals surface area contributed by atoms with E-state index in [1.165, 1.54) is 19.4 Å². The maximum atomic E-state index is 13.8. The number of nitrogens with zero attached hydrogens (tertiary/aromatic N) is 3. The summed E-state index contributed by atoms with van der Waals surface area (Å²) >= 11 is 0. The number of aromatic nitrogens is 3. The van der Waals surface area contributed by atoms with Crippen LogP contribution in [0, 0.1) is 11.7 Å². The van der Waals surface area contributed by atoms with Crippen molar-refractivity contribution in [2.75, 3.05) is 32.2 Å². The molecule has 1 aliphatic heterocycles. The molecule has 2 aromatic rings. The number of rotatable bonds is 5. The molecule has 2 heterocycles. The van der Waals surface area contributed by atoms with Gasteiger partial charge in [-0.15, -0.1) is 5.10 Å². The minimum atomic E-state index is -0.430. The first-order valence-corrected chi connectivity index (χ1v) is 7.61. The Morgan fingerprint density at radius 3 is 2.91 bits per heavy atom. The molecular weight excluding hydrogens is 299 g/mol. The highest BCUT2D eigenvalue weighted by molar-refractivity contribution is 5.60. The van der Waals surface area contributed by atoms with E-state index in [-0.39, 0.29) is 5.75 Å². The molecule has 0 atom stereocenters. The normalized spacial score (nSPS) is 15.4. The SMILES string of the molecule is COc1ccc(-c2cnnc(NCC3CCOCC3)n2)cc1F. The summed E-state index contributed by atoms with van der Waals surface area (Å²) < 4.78 is 24.1. The lowest BCUT2D eigenvalue weighted by atomic mass is 10.0. The molecule has 1 aliphatic rings. The molecule has 0 unspecified atom stereocenters. The molecule has 3 rings (SSSR count). The predicted molar refractivity (Wildman–Crippen MR) is 83.8 cm³/mol. The molecule has 1 aromatic heterocycles.